The van der Waals surface area contributed by atoms with Crippen molar-refractivity contribution in [3.63, 3.8) is 0 Å². The van der Waals surface area contributed by atoms with Crippen LogP contribution in [0.2, 0.25) is 0 Å². The molecule has 1 aliphatic heterocycles. The summed E-state index contributed by atoms with van der Waals surface area (Å²) in [6.45, 7) is 4.95. The predicted molar refractivity (Wildman–Crippen MR) is 57.8 cm³/mol. The molecule has 0 spiro atoms. The van der Waals surface area contributed by atoms with E-state index in [0.717, 1.165) is 0 Å². The largest absolute Gasteiger partial charge is 0.285 e. The topological polar surface area (TPSA) is 27.0 Å². The minimum atomic E-state index is 0.507. The van der Waals surface area contributed by atoms with E-state index < -0.39 is 0 Å². The van der Waals surface area contributed by atoms with Crippen LogP contribution in [0.15, 0.2) is 0 Å². The highest BCUT2D eigenvalue weighted by Crippen LogP contribution is 2.22. The van der Waals surface area contributed by atoms with Crippen molar-refractivity contribution >= 4 is 11.8 Å². The molecule has 0 aliphatic carbocycles. The second-order valence-corrected chi connectivity index (χ2v) is 4.99. The minimum Gasteiger partial charge on any atom is -0.285 e. The summed E-state index contributed by atoms with van der Waals surface area (Å²) >= 11 is 2.04. The first-order chi connectivity index (χ1) is 6.25. The van der Waals surface area contributed by atoms with E-state index >= 15 is 0 Å². The van der Waals surface area contributed by atoms with Gasteiger partial charge in [0.15, 0.2) is 0 Å². The predicted octanol–water partition coefficient (Wildman–Crippen LogP) is 2.12. The van der Waals surface area contributed by atoms with Crippen LogP contribution in [-0.4, -0.2) is 35.0 Å². The van der Waals surface area contributed by atoms with Gasteiger partial charge in [-0.15, -0.1) is 0 Å². The third-order valence-electron chi connectivity index (χ3n) is 2.58. The SMILES string of the molecule is CC(C)N(CC#N)C1CCSCC1. The lowest BCUT2D eigenvalue weighted by Crippen LogP contribution is -2.42. The molecule has 1 aliphatic rings. The Hall–Kier alpha value is -0.200. The Balaban J connectivity index is 2.47. The maximum Gasteiger partial charge on any atom is 0.0870 e. The van der Waals surface area contributed by atoms with Crippen molar-refractivity contribution in [3.05, 3.63) is 0 Å². The zero-order chi connectivity index (χ0) is 9.68. The van der Waals surface area contributed by atoms with Crippen LogP contribution in [0.3, 0.4) is 0 Å². The number of thioether (sulfide) groups is 1. The first-order valence-corrected chi connectivity index (χ1v) is 6.11. The van der Waals surface area contributed by atoms with Crippen molar-refractivity contribution in [1.82, 2.24) is 4.90 Å². The smallest absolute Gasteiger partial charge is 0.0870 e. The summed E-state index contributed by atoms with van der Waals surface area (Å²) < 4.78 is 0. The summed E-state index contributed by atoms with van der Waals surface area (Å²) in [5.41, 5.74) is 0. The van der Waals surface area contributed by atoms with Crippen molar-refractivity contribution in [2.24, 2.45) is 0 Å². The van der Waals surface area contributed by atoms with Gasteiger partial charge in [0.1, 0.15) is 0 Å². The molecule has 1 saturated heterocycles. The van der Waals surface area contributed by atoms with E-state index in [0.29, 0.717) is 18.6 Å². The Morgan fingerprint density at radius 3 is 2.54 bits per heavy atom. The van der Waals surface area contributed by atoms with Gasteiger partial charge in [0, 0.05) is 12.1 Å². The van der Waals surface area contributed by atoms with Gasteiger partial charge in [0.2, 0.25) is 0 Å². The second-order valence-electron chi connectivity index (χ2n) is 3.77. The van der Waals surface area contributed by atoms with Gasteiger partial charge in [0.25, 0.3) is 0 Å². The highest BCUT2D eigenvalue weighted by molar-refractivity contribution is 7.99. The van der Waals surface area contributed by atoms with Gasteiger partial charge >= 0.3 is 0 Å². The molecule has 2 nitrogen and oxygen atoms in total. The summed E-state index contributed by atoms with van der Waals surface area (Å²) in [5, 5.41) is 8.72. The minimum absolute atomic E-state index is 0.507. The fraction of sp³-hybridized carbons (Fsp3) is 0.900. The van der Waals surface area contributed by atoms with E-state index in [1.165, 1.54) is 24.3 Å². The summed E-state index contributed by atoms with van der Waals surface area (Å²) in [7, 11) is 0. The first kappa shape index (κ1) is 10.9. The summed E-state index contributed by atoms with van der Waals surface area (Å²) in [4.78, 5) is 2.33. The van der Waals surface area contributed by atoms with Crippen LogP contribution in [-0.2, 0) is 0 Å². The molecule has 1 rings (SSSR count). The normalized spacial score (nSPS) is 19.3. The average Bonchev–Trinajstić information content (AvgIpc) is 2.15. The molecule has 0 amide bonds. The van der Waals surface area contributed by atoms with Gasteiger partial charge in [-0.3, -0.25) is 4.90 Å². The van der Waals surface area contributed by atoms with E-state index in [1.807, 2.05) is 11.8 Å². The molecular weight excluding hydrogens is 180 g/mol. The van der Waals surface area contributed by atoms with Gasteiger partial charge in [-0.25, -0.2) is 0 Å². The van der Waals surface area contributed by atoms with E-state index in [9.17, 15) is 0 Å². The van der Waals surface area contributed by atoms with Crippen LogP contribution in [0.25, 0.3) is 0 Å². The molecule has 0 aromatic heterocycles. The third-order valence-corrected chi connectivity index (χ3v) is 3.63. The Morgan fingerprint density at radius 1 is 1.46 bits per heavy atom. The van der Waals surface area contributed by atoms with Gasteiger partial charge in [0.05, 0.1) is 12.6 Å². The van der Waals surface area contributed by atoms with Crippen molar-refractivity contribution in [1.29, 1.82) is 5.26 Å². The number of nitriles is 1. The molecule has 0 aromatic rings. The summed E-state index contributed by atoms with van der Waals surface area (Å²) in [6.07, 6.45) is 2.51. The van der Waals surface area contributed by atoms with Gasteiger partial charge in [-0.2, -0.15) is 17.0 Å². The molecule has 1 fully saturated rings. The van der Waals surface area contributed by atoms with Gasteiger partial charge in [-0.1, -0.05) is 0 Å². The summed E-state index contributed by atoms with van der Waals surface area (Å²) in [5.74, 6) is 2.53. The first-order valence-electron chi connectivity index (χ1n) is 4.96. The van der Waals surface area contributed by atoms with Gasteiger partial charge in [-0.05, 0) is 38.2 Å². The number of hydrogen-bond acceptors (Lipinski definition) is 3. The van der Waals surface area contributed by atoms with Crippen LogP contribution in [0.5, 0.6) is 0 Å². The molecule has 0 aromatic carbocycles. The zero-order valence-electron chi connectivity index (χ0n) is 8.49. The summed E-state index contributed by atoms with van der Waals surface area (Å²) in [6, 6.07) is 3.43. The standard InChI is InChI=1S/C10H18N2S/c1-9(2)12(6-5-11)10-3-7-13-8-4-10/h9-10H,3-4,6-8H2,1-2H3. The number of nitrogens with zero attached hydrogens (tertiary/aromatic N) is 2. The fourth-order valence-electron chi connectivity index (χ4n) is 1.83. The maximum absolute atomic E-state index is 8.72. The lowest BCUT2D eigenvalue weighted by Gasteiger charge is -2.35. The zero-order valence-corrected chi connectivity index (χ0v) is 9.31. The number of hydrogen-bond donors (Lipinski definition) is 0. The lowest BCUT2D eigenvalue weighted by molar-refractivity contribution is 0.165. The number of rotatable bonds is 3. The van der Waals surface area contributed by atoms with Crippen LogP contribution in [0, 0.1) is 11.3 Å². The van der Waals surface area contributed by atoms with E-state index in [-0.39, 0.29) is 0 Å². The van der Waals surface area contributed by atoms with Crippen LogP contribution in [0.1, 0.15) is 26.7 Å². The van der Waals surface area contributed by atoms with Crippen molar-refractivity contribution < 1.29 is 0 Å². The average molecular weight is 198 g/mol. The Morgan fingerprint density at radius 2 is 2.08 bits per heavy atom. The van der Waals surface area contributed by atoms with Crippen molar-refractivity contribution in [3.8, 4) is 6.07 Å². The monoisotopic (exact) mass is 198 g/mol. The van der Waals surface area contributed by atoms with Crippen LogP contribution in [0.4, 0.5) is 0 Å². The molecule has 74 valence electrons. The van der Waals surface area contributed by atoms with E-state index in [4.69, 9.17) is 5.26 Å². The Kier molecular flexibility index (Phi) is 4.61. The molecule has 0 radical (unpaired) electrons. The van der Waals surface area contributed by atoms with Gasteiger partial charge < -0.3 is 0 Å². The highest BCUT2D eigenvalue weighted by atomic mass is 32.2. The molecular formula is C10H18N2S. The maximum atomic E-state index is 8.72. The van der Waals surface area contributed by atoms with Crippen molar-refractivity contribution in [2.45, 2.75) is 38.8 Å². The molecule has 0 saturated carbocycles. The van der Waals surface area contributed by atoms with Crippen molar-refractivity contribution in [2.75, 3.05) is 18.1 Å². The van der Waals surface area contributed by atoms with E-state index in [1.54, 1.807) is 0 Å². The van der Waals surface area contributed by atoms with Crippen LogP contribution >= 0.6 is 11.8 Å². The molecule has 0 N–H and O–H groups in total. The Bertz CT molecular complexity index is 180. The molecule has 1 heterocycles. The fourth-order valence-corrected chi connectivity index (χ4v) is 2.91. The van der Waals surface area contributed by atoms with E-state index in [2.05, 4.69) is 24.8 Å². The molecule has 3 heteroatoms. The lowest BCUT2D eigenvalue weighted by atomic mass is 10.1. The molecule has 0 bridgehead atoms. The highest BCUT2D eigenvalue weighted by Gasteiger charge is 2.22. The quantitative estimate of drug-likeness (QED) is 0.650. The Labute approximate surface area is 85.3 Å². The molecule has 13 heavy (non-hydrogen) atoms. The second kappa shape index (κ2) is 5.51. The van der Waals surface area contributed by atoms with Crippen LogP contribution < -0.4 is 0 Å². The third kappa shape index (κ3) is 3.21. The molecule has 0 atom stereocenters. The molecule has 0 unspecified atom stereocenters.